The summed E-state index contributed by atoms with van der Waals surface area (Å²) < 4.78 is 5.15. The van der Waals surface area contributed by atoms with Crippen molar-refractivity contribution < 1.29 is 19.5 Å². The maximum Gasteiger partial charge on any atom is 0.337 e. The molecule has 1 aromatic carbocycles. The lowest BCUT2D eigenvalue weighted by Crippen LogP contribution is -2.31. The fourth-order valence-electron chi connectivity index (χ4n) is 1.03. The molecule has 82 valence electrons. The van der Waals surface area contributed by atoms with Gasteiger partial charge in [0.2, 0.25) is 0 Å². The van der Waals surface area contributed by atoms with Crippen molar-refractivity contribution in [3.05, 3.63) is 35.9 Å². The number of rotatable bonds is 6. The summed E-state index contributed by atoms with van der Waals surface area (Å²) in [5.41, 5.74) is 0.971. The first kappa shape index (κ1) is 11.6. The molecule has 0 heterocycles. The van der Waals surface area contributed by atoms with E-state index >= 15 is 0 Å². The minimum Gasteiger partial charge on any atom is -0.479 e. The van der Waals surface area contributed by atoms with Crippen molar-refractivity contribution in [3.63, 3.8) is 0 Å². The fourth-order valence-corrected chi connectivity index (χ4v) is 1.03. The average Bonchev–Trinajstić information content (AvgIpc) is 2.25. The van der Waals surface area contributed by atoms with Crippen LogP contribution in [0.4, 0.5) is 0 Å². The molecule has 15 heavy (non-hydrogen) atoms. The summed E-state index contributed by atoms with van der Waals surface area (Å²) in [4.78, 5) is 14.7. The minimum absolute atomic E-state index is 0.0687. The molecular weight excluding hydrogens is 198 g/mol. The van der Waals surface area contributed by atoms with Gasteiger partial charge in [-0.2, -0.15) is 0 Å². The van der Waals surface area contributed by atoms with Crippen LogP contribution in [0.5, 0.6) is 0 Å². The van der Waals surface area contributed by atoms with E-state index in [0.717, 1.165) is 5.56 Å². The first-order valence-electron chi connectivity index (χ1n) is 4.44. The molecule has 0 radical (unpaired) electrons. The van der Waals surface area contributed by atoms with E-state index < -0.39 is 12.1 Å². The van der Waals surface area contributed by atoms with Crippen LogP contribution in [0.25, 0.3) is 0 Å². The van der Waals surface area contributed by atoms with Gasteiger partial charge in [-0.25, -0.2) is 10.7 Å². The van der Waals surface area contributed by atoms with Crippen molar-refractivity contribution >= 4 is 5.97 Å². The van der Waals surface area contributed by atoms with Crippen LogP contribution in [-0.2, 0) is 21.0 Å². The smallest absolute Gasteiger partial charge is 0.337 e. The number of ether oxygens (including phenoxy) is 1. The number of carboxylic acid groups (broad SMARTS) is 1. The average molecular weight is 211 g/mol. The lowest BCUT2D eigenvalue weighted by molar-refractivity contribution is -0.155. The molecule has 1 atom stereocenters. The third-order valence-electron chi connectivity index (χ3n) is 1.82. The lowest BCUT2D eigenvalue weighted by atomic mass is 10.2. The van der Waals surface area contributed by atoms with E-state index in [4.69, 9.17) is 15.7 Å². The molecule has 3 N–H and O–H groups in total. The summed E-state index contributed by atoms with van der Waals surface area (Å²) in [6, 6.07) is 9.43. The summed E-state index contributed by atoms with van der Waals surface area (Å²) in [6.45, 7) is 0.273. The van der Waals surface area contributed by atoms with Gasteiger partial charge in [-0.3, -0.25) is 4.84 Å². The Morgan fingerprint density at radius 1 is 1.40 bits per heavy atom. The van der Waals surface area contributed by atoms with Gasteiger partial charge in [0.15, 0.2) is 6.10 Å². The van der Waals surface area contributed by atoms with Gasteiger partial charge >= 0.3 is 5.97 Å². The van der Waals surface area contributed by atoms with E-state index in [2.05, 4.69) is 4.84 Å². The fraction of sp³-hybridized carbons (Fsp3) is 0.300. The molecule has 1 aromatic rings. The van der Waals surface area contributed by atoms with Crippen LogP contribution < -0.4 is 5.90 Å². The van der Waals surface area contributed by atoms with Crippen molar-refractivity contribution in [1.29, 1.82) is 0 Å². The number of nitrogens with two attached hydrogens (primary N) is 1. The number of aliphatic carboxylic acids is 1. The summed E-state index contributed by atoms with van der Waals surface area (Å²) in [5, 5.41) is 8.59. The second-order valence-electron chi connectivity index (χ2n) is 2.96. The van der Waals surface area contributed by atoms with E-state index in [0.29, 0.717) is 6.61 Å². The molecular formula is C10H13NO4. The van der Waals surface area contributed by atoms with Gasteiger partial charge in [-0.1, -0.05) is 30.3 Å². The van der Waals surface area contributed by atoms with Crippen LogP contribution in [0.1, 0.15) is 5.56 Å². The monoisotopic (exact) mass is 211 g/mol. The summed E-state index contributed by atoms with van der Waals surface area (Å²) in [7, 11) is 0. The van der Waals surface area contributed by atoms with Gasteiger partial charge in [0, 0.05) is 0 Å². The van der Waals surface area contributed by atoms with Gasteiger partial charge in [-0.05, 0) is 5.56 Å². The van der Waals surface area contributed by atoms with Gasteiger partial charge in [0.1, 0.15) is 0 Å². The van der Waals surface area contributed by atoms with E-state index in [1.165, 1.54) is 0 Å². The Kier molecular flexibility index (Phi) is 4.76. The molecule has 0 aliphatic carbocycles. The van der Waals surface area contributed by atoms with Gasteiger partial charge < -0.3 is 9.84 Å². The van der Waals surface area contributed by atoms with Crippen molar-refractivity contribution in [3.8, 4) is 0 Å². The molecule has 0 saturated carbocycles. The zero-order chi connectivity index (χ0) is 11.1. The zero-order valence-corrected chi connectivity index (χ0v) is 8.13. The molecule has 0 aromatic heterocycles. The molecule has 0 spiro atoms. The van der Waals surface area contributed by atoms with Crippen molar-refractivity contribution in [2.45, 2.75) is 12.7 Å². The Labute approximate surface area is 87.4 Å². The first-order valence-corrected chi connectivity index (χ1v) is 4.44. The molecule has 0 aliphatic rings. The Balaban J connectivity index is 2.30. The first-order chi connectivity index (χ1) is 7.24. The predicted octanol–water partition coefficient (Wildman–Crippen LogP) is 0.547. The maximum absolute atomic E-state index is 10.5. The predicted molar refractivity (Wildman–Crippen MR) is 52.8 cm³/mol. The van der Waals surface area contributed by atoms with E-state index in [9.17, 15) is 4.79 Å². The van der Waals surface area contributed by atoms with E-state index in [1.807, 2.05) is 30.3 Å². The van der Waals surface area contributed by atoms with E-state index in [-0.39, 0.29) is 6.61 Å². The SMILES string of the molecule is NO[C@H](COCc1ccccc1)C(=O)O. The highest BCUT2D eigenvalue weighted by atomic mass is 16.6. The molecule has 0 fully saturated rings. The Hall–Kier alpha value is -1.43. The van der Waals surface area contributed by atoms with Crippen LogP contribution in [-0.4, -0.2) is 23.8 Å². The van der Waals surface area contributed by atoms with Gasteiger partial charge in [-0.15, -0.1) is 0 Å². The number of hydrogen-bond acceptors (Lipinski definition) is 4. The number of carboxylic acids is 1. The number of hydrogen-bond donors (Lipinski definition) is 2. The Bertz CT molecular complexity index is 302. The van der Waals surface area contributed by atoms with Crippen molar-refractivity contribution in [2.75, 3.05) is 6.61 Å². The van der Waals surface area contributed by atoms with E-state index in [1.54, 1.807) is 0 Å². The maximum atomic E-state index is 10.5. The molecule has 0 bridgehead atoms. The van der Waals surface area contributed by atoms with Crippen LogP contribution in [0.15, 0.2) is 30.3 Å². The minimum atomic E-state index is -1.13. The summed E-state index contributed by atoms with van der Waals surface area (Å²) in [5.74, 6) is 3.66. The Morgan fingerprint density at radius 2 is 2.07 bits per heavy atom. The molecule has 1 rings (SSSR count). The second kappa shape index (κ2) is 6.13. The van der Waals surface area contributed by atoms with Crippen LogP contribution in [0.2, 0.25) is 0 Å². The standard InChI is InChI=1S/C10H13NO4/c11-15-9(10(12)13)7-14-6-8-4-2-1-3-5-8/h1-5,9H,6-7,11H2,(H,12,13)/t9-/m1/s1. The van der Waals surface area contributed by atoms with Crippen molar-refractivity contribution in [1.82, 2.24) is 0 Å². The number of benzene rings is 1. The molecule has 0 saturated heterocycles. The van der Waals surface area contributed by atoms with Crippen LogP contribution >= 0.6 is 0 Å². The highest BCUT2D eigenvalue weighted by molar-refractivity contribution is 5.72. The molecule has 0 amide bonds. The van der Waals surface area contributed by atoms with Crippen LogP contribution in [0.3, 0.4) is 0 Å². The topological polar surface area (TPSA) is 81.8 Å². The van der Waals surface area contributed by atoms with Crippen molar-refractivity contribution in [2.24, 2.45) is 5.90 Å². The molecule has 5 nitrogen and oxygen atoms in total. The quantitative estimate of drug-likeness (QED) is 0.671. The molecule has 0 aliphatic heterocycles. The molecule has 5 heteroatoms. The highest BCUT2D eigenvalue weighted by Crippen LogP contribution is 2.01. The van der Waals surface area contributed by atoms with Gasteiger partial charge in [0.05, 0.1) is 13.2 Å². The normalized spacial score (nSPS) is 12.3. The third kappa shape index (κ3) is 4.07. The molecule has 0 unspecified atom stereocenters. The largest absolute Gasteiger partial charge is 0.479 e. The summed E-state index contributed by atoms with van der Waals surface area (Å²) >= 11 is 0. The second-order valence-corrected chi connectivity index (χ2v) is 2.96. The van der Waals surface area contributed by atoms with Gasteiger partial charge in [0.25, 0.3) is 0 Å². The number of carbonyl (C=O) groups is 1. The highest BCUT2D eigenvalue weighted by Gasteiger charge is 2.16. The third-order valence-corrected chi connectivity index (χ3v) is 1.82. The zero-order valence-electron chi connectivity index (χ0n) is 8.13. The summed E-state index contributed by atoms with van der Waals surface area (Å²) in [6.07, 6.45) is -1.12. The Morgan fingerprint density at radius 3 is 2.60 bits per heavy atom. The van der Waals surface area contributed by atoms with Crippen LogP contribution in [0, 0.1) is 0 Å². The lowest BCUT2D eigenvalue weighted by Gasteiger charge is -2.09.